The average Bonchev–Trinajstić information content (AvgIpc) is 3.69. The lowest BCUT2D eigenvalue weighted by molar-refractivity contribution is 0.102. The van der Waals surface area contributed by atoms with Gasteiger partial charge >= 0.3 is 7.60 Å². The molecule has 1 aliphatic rings. The molecular formula is C28H31BrN5O4P. The molecule has 0 aliphatic heterocycles. The number of pyridine rings is 2. The first kappa shape index (κ1) is 27.5. The monoisotopic (exact) mass is 611 g/mol. The van der Waals surface area contributed by atoms with Crippen LogP contribution in [-0.4, -0.2) is 36.7 Å². The van der Waals surface area contributed by atoms with Crippen LogP contribution in [0.5, 0.6) is 5.75 Å². The highest BCUT2D eigenvalue weighted by Gasteiger charge is 2.22. The molecule has 0 radical (unpaired) electrons. The third-order valence-corrected chi connectivity index (χ3v) is 8.76. The highest BCUT2D eigenvalue weighted by molar-refractivity contribution is 9.10. The Morgan fingerprint density at radius 2 is 2.03 bits per heavy atom. The van der Waals surface area contributed by atoms with Crippen LogP contribution in [0.1, 0.15) is 55.8 Å². The topological polar surface area (TPSA) is 119 Å². The predicted molar refractivity (Wildman–Crippen MR) is 155 cm³/mol. The van der Waals surface area contributed by atoms with Crippen molar-refractivity contribution in [2.24, 2.45) is 5.92 Å². The van der Waals surface area contributed by atoms with Gasteiger partial charge in [-0.15, -0.1) is 0 Å². The summed E-state index contributed by atoms with van der Waals surface area (Å²) in [5, 5.41) is 8.39. The molecule has 1 aliphatic carbocycles. The maximum absolute atomic E-state index is 12.9. The van der Waals surface area contributed by atoms with Gasteiger partial charge < -0.3 is 14.7 Å². The second-order valence-electron chi connectivity index (χ2n) is 9.87. The Morgan fingerprint density at radius 1 is 1.23 bits per heavy atom. The van der Waals surface area contributed by atoms with Crippen molar-refractivity contribution in [3.05, 3.63) is 64.9 Å². The van der Waals surface area contributed by atoms with Crippen LogP contribution in [0.3, 0.4) is 0 Å². The van der Waals surface area contributed by atoms with Gasteiger partial charge in [0.05, 0.1) is 22.8 Å². The first-order valence-electron chi connectivity index (χ1n) is 13.2. The molecule has 0 saturated heterocycles. The van der Waals surface area contributed by atoms with Crippen LogP contribution >= 0.6 is 23.5 Å². The number of nitrogens with one attached hydrogen (secondary N) is 1. The van der Waals surface area contributed by atoms with Gasteiger partial charge in [0.25, 0.3) is 5.91 Å². The maximum atomic E-state index is 12.9. The van der Waals surface area contributed by atoms with E-state index in [1.807, 2.05) is 29.8 Å². The summed E-state index contributed by atoms with van der Waals surface area (Å²) in [4.78, 5) is 31.8. The summed E-state index contributed by atoms with van der Waals surface area (Å²) in [7, 11) is -3.67. The van der Waals surface area contributed by atoms with Gasteiger partial charge in [0.1, 0.15) is 5.75 Å². The zero-order valence-electron chi connectivity index (χ0n) is 21.7. The molecule has 4 aromatic rings. The quantitative estimate of drug-likeness (QED) is 0.130. The SMILES string of the molecule is CCCP(=O)(O)Oc1ccc(-c2nc3c(cc2Br)c(NC(=O)c2cccnc2)nn3CCCCC2CC2)cc1. The number of amides is 1. The summed E-state index contributed by atoms with van der Waals surface area (Å²) in [6.07, 6.45) is 9.81. The summed E-state index contributed by atoms with van der Waals surface area (Å²) < 4.78 is 20.1. The van der Waals surface area contributed by atoms with E-state index in [0.29, 0.717) is 41.4 Å². The van der Waals surface area contributed by atoms with Crippen molar-refractivity contribution in [3.8, 4) is 17.0 Å². The molecule has 9 nitrogen and oxygen atoms in total. The first-order chi connectivity index (χ1) is 18.8. The van der Waals surface area contributed by atoms with Crippen LogP contribution < -0.4 is 9.84 Å². The van der Waals surface area contributed by atoms with Crippen molar-refractivity contribution in [2.75, 3.05) is 11.5 Å². The number of nitrogens with zero attached hydrogens (tertiary/aromatic N) is 4. The number of carbonyl (C=O) groups is 1. The number of aryl methyl sites for hydroxylation is 1. The van der Waals surface area contributed by atoms with Gasteiger partial charge in [-0.25, -0.2) is 14.2 Å². The summed E-state index contributed by atoms with van der Waals surface area (Å²) in [5.74, 6) is 1.36. The molecular weight excluding hydrogens is 581 g/mol. The Bertz CT molecular complexity index is 1510. The van der Waals surface area contributed by atoms with Crippen molar-refractivity contribution in [2.45, 2.75) is 52.0 Å². The zero-order valence-corrected chi connectivity index (χ0v) is 24.2. The Kier molecular flexibility index (Phi) is 8.45. The molecule has 1 fully saturated rings. The summed E-state index contributed by atoms with van der Waals surface area (Å²) in [6, 6.07) is 12.3. The second kappa shape index (κ2) is 12.0. The Hall–Kier alpha value is -3.07. The van der Waals surface area contributed by atoms with Gasteiger partial charge in [-0.05, 0) is 77.2 Å². The molecule has 3 heterocycles. The lowest BCUT2D eigenvalue weighted by Gasteiger charge is -2.13. The van der Waals surface area contributed by atoms with Crippen LogP contribution in [0, 0.1) is 5.92 Å². The zero-order chi connectivity index (χ0) is 27.4. The standard InChI is InChI=1S/C28H31BrN5O4P/c1-2-16-39(36,37)38-22-12-10-20(11-13-22)25-24(29)17-23-26(32-28(35)21-7-5-14-30-18-21)33-34(27(23)31-25)15-4-3-6-19-8-9-19/h5,7,10-14,17-19H,2-4,6,8-9,15-16H2,1H3,(H,36,37)(H,32,33,35). The van der Waals surface area contributed by atoms with Crippen molar-refractivity contribution >= 4 is 46.3 Å². The molecule has 39 heavy (non-hydrogen) atoms. The van der Waals surface area contributed by atoms with E-state index in [4.69, 9.17) is 14.6 Å². The Morgan fingerprint density at radius 3 is 2.72 bits per heavy atom. The Balaban J connectivity index is 1.44. The van der Waals surface area contributed by atoms with E-state index >= 15 is 0 Å². The van der Waals surface area contributed by atoms with E-state index in [2.05, 4.69) is 26.2 Å². The fourth-order valence-corrected chi connectivity index (χ4v) is 6.12. The minimum absolute atomic E-state index is 0.100. The van der Waals surface area contributed by atoms with Crippen LogP contribution in [0.25, 0.3) is 22.3 Å². The summed E-state index contributed by atoms with van der Waals surface area (Å²) in [6.45, 7) is 2.53. The number of unbranched alkanes of at least 4 members (excludes halogenated alkanes) is 1. The highest BCUT2D eigenvalue weighted by atomic mass is 79.9. The summed E-state index contributed by atoms with van der Waals surface area (Å²) in [5.41, 5.74) is 2.62. The van der Waals surface area contributed by atoms with E-state index in [9.17, 15) is 14.3 Å². The molecule has 1 aromatic carbocycles. The van der Waals surface area contributed by atoms with Crippen molar-refractivity contribution in [1.29, 1.82) is 0 Å². The molecule has 0 spiro atoms. The highest BCUT2D eigenvalue weighted by Crippen LogP contribution is 2.43. The van der Waals surface area contributed by atoms with Gasteiger partial charge in [0.15, 0.2) is 11.5 Å². The van der Waals surface area contributed by atoms with Crippen molar-refractivity contribution in [1.82, 2.24) is 19.7 Å². The number of hydrogen-bond acceptors (Lipinski definition) is 6. The molecule has 204 valence electrons. The second-order valence-corrected chi connectivity index (χ2v) is 12.6. The molecule has 1 amide bonds. The van der Waals surface area contributed by atoms with Crippen molar-refractivity contribution in [3.63, 3.8) is 0 Å². The molecule has 1 atom stereocenters. The smallest absolute Gasteiger partial charge is 0.376 e. The first-order valence-corrected chi connectivity index (χ1v) is 15.8. The molecule has 1 saturated carbocycles. The van der Waals surface area contributed by atoms with Crippen LogP contribution in [-0.2, 0) is 11.1 Å². The van der Waals surface area contributed by atoms with E-state index in [1.165, 1.54) is 25.5 Å². The largest absolute Gasteiger partial charge is 0.424 e. The third-order valence-electron chi connectivity index (χ3n) is 6.64. The van der Waals surface area contributed by atoms with Crippen molar-refractivity contribution < 1.29 is 18.8 Å². The number of benzene rings is 1. The van der Waals surface area contributed by atoms with Crippen LogP contribution in [0.2, 0.25) is 0 Å². The molecule has 1 unspecified atom stereocenters. The van der Waals surface area contributed by atoms with Gasteiger partial charge in [-0.1, -0.05) is 32.6 Å². The Labute approximate surface area is 235 Å². The minimum Gasteiger partial charge on any atom is -0.424 e. The van der Waals surface area contributed by atoms with E-state index < -0.39 is 7.60 Å². The number of hydrogen-bond donors (Lipinski definition) is 2. The maximum Gasteiger partial charge on any atom is 0.376 e. The normalized spacial score (nSPS) is 14.7. The number of carbonyl (C=O) groups excluding carboxylic acids is 1. The number of anilines is 1. The number of aromatic nitrogens is 4. The molecule has 3 aromatic heterocycles. The fourth-order valence-electron chi connectivity index (χ4n) is 4.47. The predicted octanol–water partition coefficient (Wildman–Crippen LogP) is 7.06. The van der Waals surface area contributed by atoms with Crippen LogP contribution in [0.15, 0.2) is 59.3 Å². The van der Waals surface area contributed by atoms with E-state index in [1.54, 1.807) is 30.5 Å². The number of rotatable bonds is 12. The average molecular weight is 612 g/mol. The molecule has 2 N–H and O–H groups in total. The van der Waals surface area contributed by atoms with E-state index in [-0.39, 0.29) is 12.1 Å². The van der Waals surface area contributed by atoms with Gasteiger partial charge in [-0.2, -0.15) is 5.10 Å². The van der Waals surface area contributed by atoms with Gasteiger partial charge in [-0.3, -0.25) is 9.78 Å². The lowest BCUT2D eigenvalue weighted by Crippen LogP contribution is -2.13. The lowest BCUT2D eigenvalue weighted by atomic mass is 10.1. The van der Waals surface area contributed by atoms with Crippen LogP contribution in [0.4, 0.5) is 5.82 Å². The van der Waals surface area contributed by atoms with Gasteiger partial charge in [0.2, 0.25) is 0 Å². The van der Waals surface area contributed by atoms with E-state index in [0.717, 1.165) is 34.2 Å². The number of fused-ring (bicyclic) bond motifs is 1. The van der Waals surface area contributed by atoms with Gasteiger partial charge in [0, 0.05) is 29.0 Å². The molecule has 5 rings (SSSR count). The molecule has 0 bridgehead atoms. The third kappa shape index (κ3) is 6.93. The molecule has 11 heteroatoms. The number of halogens is 1. The fraction of sp³-hybridized carbons (Fsp3) is 0.357. The minimum atomic E-state index is -3.67. The summed E-state index contributed by atoms with van der Waals surface area (Å²) >= 11 is 3.65.